The van der Waals surface area contributed by atoms with Crippen LogP contribution >= 0.6 is 0 Å². The van der Waals surface area contributed by atoms with E-state index in [1.165, 1.54) is 12.8 Å². The molecule has 1 aliphatic heterocycles. The molecule has 2 aromatic rings. The first-order chi connectivity index (χ1) is 10.9. The van der Waals surface area contributed by atoms with Crippen molar-refractivity contribution in [1.82, 2.24) is 19.5 Å². The molecule has 6 nitrogen and oxygen atoms in total. The predicted octanol–water partition coefficient (Wildman–Crippen LogP) is 2.28. The van der Waals surface area contributed by atoms with E-state index in [1.807, 2.05) is 16.8 Å². The number of nitrogens with one attached hydrogen (secondary N) is 1. The molecule has 0 aromatic carbocycles. The van der Waals surface area contributed by atoms with Gasteiger partial charge < -0.3 is 10.1 Å². The lowest BCUT2D eigenvalue weighted by molar-refractivity contribution is 0.0583. The smallest absolute Gasteiger partial charge is 0.224 e. The van der Waals surface area contributed by atoms with Gasteiger partial charge in [0.05, 0.1) is 0 Å². The lowest BCUT2D eigenvalue weighted by Gasteiger charge is -2.31. The van der Waals surface area contributed by atoms with Crippen molar-refractivity contribution in [3.05, 3.63) is 31.0 Å². The summed E-state index contributed by atoms with van der Waals surface area (Å²) in [5, 5.41) is 3.60. The maximum absolute atomic E-state index is 5.50. The van der Waals surface area contributed by atoms with E-state index in [0.717, 1.165) is 43.7 Å². The van der Waals surface area contributed by atoms with E-state index < -0.39 is 0 Å². The summed E-state index contributed by atoms with van der Waals surface area (Å²) < 4.78 is 7.40. The molecule has 6 heteroatoms. The first-order valence-corrected chi connectivity index (χ1v) is 8.06. The van der Waals surface area contributed by atoms with Gasteiger partial charge in [-0.05, 0) is 43.6 Å². The van der Waals surface area contributed by atoms with Crippen LogP contribution in [0.15, 0.2) is 31.0 Å². The minimum atomic E-state index is 0.474. The van der Waals surface area contributed by atoms with Crippen LogP contribution in [0.3, 0.4) is 0 Å². The third kappa shape index (κ3) is 2.97. The second-order valence-electron chi connectivity index (χ2n) is 6.17. The van der Waals surface area contributed by atoms with Gasteiger partial charge in [0, 0.05) is 37.8 Å². The largest absolute Gasteiger partial charge is 0.381 e. The highest BCUT2D eigenvalue weighted by Gasteiger charge is 2.37. The Balaban J connectivity index is 1.52. The fourth-order valence-electron chi connectivity index (χ4n) is 3.26. The number of hydrogen-bond acceptors (Lipinski definition) is 5. The zero-order valence-electron chi connectivity index (χ0n) is 12.6. The Kier molecular flexibility index (Phi) is 3.76. The standard InChI is InChI=1S/C16H21N5O/c1-2-12(1)15(13-4-9-22-10-5-13)20-16-18-6-3-14(19-16)21-8-7-17-11-21/h3,6-8,11-13,15H,1-2,4-5,9-10H2,(H,18,19,20). The van der Waals surface area contributed by atoms with Crippen molar-refractivity contribution < 1.29 is 4.74 Å². The van der Waals surface area contributed by atoms with Crippen LogP contribution < -0.4 is 5.32 Å². The molecule has 1 N–H and O–H groups in total. The summed E-state index contributed by atoms with van der Waals surface area (Å²) in [4.78, 5) is 13.1. The van der Waals surface area contributed by atoms with Gasteiger partial charge in [-0.15, -0.1) is 0 Å². The van der Waals surface area contributed by atoms with Gasteiger partial charge in [0.1, 0.15) is 12.1 Å². The van der Waals surface area contributed by atoms with Crippen LogP contribution in [0.1, 0.15) is 25.7 Å². The third-order valence-electron chi connectivity index (χ3n) is 4.61. The van der Waals surface area contributed by atoms with E-state index in [2.05, 4.69) is 20.3 Å². The van der Waals surface area contributed by atoms with E-state index in [0.29, 0.717) is 12.0 Å². The summed E-state index contributed by atoms with van der Waals surface area (Å²) in [5.74, 6) is 3.00. The number of ether oxygens (including phenoxy) is 1. The normalized spacial score (nSPS) is 20.7. The molecular weight excluding hydrogens is 278 g/mol. The molecule has 2 fully saturated rings. The van der Waals surface area contributed by atoms with Gasteiger partial charge in [-0.1, -0.05) is 0 Å². The summed E-state index contributed by atoms with van der Waals surface area (Å²) in [6, 6.07) is 2.37. The zero-order valence-corrected chi connectivity index (χ0v) is 12.6. The van der Waals surface area contributed by atoms with Crippen LogP contribution in [0.5, 0.6) is 0 Å². The predicted molar refractivity (Wildman–Crippen MR) is 82.8 cm³/mol. The highest BCUT2D eigenvalue weighted by Crippen LogP contribution is 2.39. The molecule has 22 heavy (non-hydrogen) atoms. The van der Waals surface area contributed by atoms with E-state index in [-0.39, 0.29) is 0 Å². The van der Waals surface area contributed by atoms with Crippen LogP contribution in [0.2, 0.25) is 0 Å². The van der Waals surface area contributed by atoms with Crippen molar-refractivity contribution >= 4 is 5.95 Å². The van der Waals surface area contributed by atoms with Crippen LogP contribution in [0.4, 0.5) is 5.95 Å². The van der Waals surface area contributed by atoms with Crippen molar-refractivity contribution in [2.24, 2.45) is 11.8 Å². The number of aromatic nitrogens is 4. The van der Waals surface area contributed by atoms with E-state index in [1.54, 1.807) is 18.7 Å². The molecule has 1 aliphatic carbocycles. The average Bonchev–Trinajstić information content (AvgIpc) is 3.26. The number of rotatable bonds is 5. The molecular formula is C16H21N5O. The molecule has 1 saturated carbocycles. The van der Waals surface area contributed by atoms with Crippen molar-refractivity contribution in [1.29, 1.82) is 0 Å². The summed E-state index contributed by atoms with van der Waals surface area (Å²) in [6.45, 7) is 1.76. The fraction of sp³-hybridized carbons (Fsp3) is 0.562. The molecule has 2 aliphatic rings. The molecule has 4 rings (SSSR count). The van der Waals surface area contributed by atoms with E-state index >= 15 is 0 Å². The number of anilines is 1. The quantitative estimate of drug-likeness (QED) is 0.917. The molecule has 2 aromatic heterocycles. The molecule has 0 bridgehead atoms. The fourth-order valence-corrected chi connectivity index (χ4v) is 3.26. The monoisotopic (exact) mass is 299 g/mol. The Hall–Kier alpha value is -1.95. The second kappa shape index (κ2) is 6.04. The van der Waals surface area contributed by atoms with Crippen molar-refractivity contribution in [2.45, 2.75) is 31.7 Å². The van der Waals surface area contributed by atoms with Crippen LogP contribution in [0, 0.1) is 11.8 Å². The highest BCUT2D eigenvalue weighted by molar-refractivity contribution is 5.33. The lowest BCUT2D eigenvalue weighted by atomic mass is 9.89. The Morgan fingerprint density at radius 2 is 1.95 bits per heavy atom. The maximum Gasteiger partial charge on any atom is 0.224 e. The lowest BCUT2D eigenvalue weighted by Crippen LogP contribution is -2.35. The third-order valence-corrected chi connectivity index (χ3v) is 4.61. The van der Waals surface area contributed by atoms with Gasteiger partial charge in [0.15, 0.2) is 0 Å². The molecule has 0 amide bonds. The Labute approximate surface area is 130 Å². The van der Waals surface area contributed by atoms with Gasteiger partial charge in [-0.25, -0.2) is 9.97 Å². The zero-order chi connectivity index (χ0) is 14.8. The first-order valence-electron chi connectivity index (χ1n) is 8.06. The first kappa shape index (κ1) is 13.7. The maximum atomic E-state index is 5.50. The minimum absolute atomic E-state index is 0.474. The summed E-state index contributed by atoms with van der Waals surface area (Å²) in [6.07, 6.45) is 12.1. The van der Waals surface area contributed by atoms with Crippen molar-refractivity contribution in [3.8, 4) is 5.82 Å². The van der Waals surface area contributed by atoms with Gasteiger partial charge in [0.2, 0.25) is 5.95 Å². The van der Waals surface area contributed by atoms with Crippen LogP contribution in [0.25, 0.3) is 5.82 Å². The molecule has 1 unspecified atom stereocenters. The van der Waals surface area contributed by atoms with Gasteiger partial charge in [-0.3, -0.25) is 4.57 Å². The van der Waals surface area contributed by atoms with E-state index in [9.17, 15) is 0 Å². The molecule has 1 atom stereocenters. The number of imidazole rings is 1. The van der Waals surface area contributed by atoms with Gasteiger partial charge in [-0.2, -0.15) is 4.98 Å². The summed E-state index contributed by atoms with van der Waals surface area (Å²) in [7, 11) is 0. The van der Waals surface area contributed by atoms with Crippen LogP contribution in [-0.4, -0.2) is 38.8 Å². The molecule has 3 heterocycles. The number of nitrogens with zero attached hydrogens (tertiary/aromatic N) is 4. The molecule has 0 radical (unpaired) electrons. The second-order valence-corrected chi connectivity index (χ2v) is 6.17. The Morgan fingerprint density at radius 3 is 2.68 bits per heavy atom. The number of hydrogen-bond donors (Lipinski definition) is 1. The van der Waals surface area contributed by atoms with Crippen molar-refractivity contribution in [2.75, 3.05) is 18.5 Å². The Bertz CT molecular complexity index is 605. The molecule has 1 saturated heterocycles. The van der Waals surface area contributed by atoms with Crippen LogP contribution in [-0.2, 0) is 4.74 Å². The van der Waals surface area contributed by atoms with Gasteiger partial charge >= 0.3 is 0 Å². The van der Waals surface area contributed by atoms with Crippen molar-refractivity contribution in [3.63, 3.8) is 0 Å². The topological polar surface area (TPSA) is 64.9 Å². The summed E-state index contributed by atoms with van der Waals surface area (Å²) in [5.41, 5.74) is 0. The Morgan fingerprint density at radius 1 is 1.14 bits per heavy atom. The van der Waals surface area contributed by atoms with Gasteiger partial charge in [0.25, 0.3) is 0 Å². The summed E-state index contributed by atoms with van der Waals surface area (Å²) >= 11 is 0. The minimum Gasteiger partial charge on any atom is -0.381 e. The molecule has 116 valence electrons. The van der Waals surface area contributed by atoms with E-state index in [4.69, 9.17) is 4.74 Å². The average molecular weight is 299 g/mol. The SMILES string of the molecule is c1cn(-c2ccnc(NC(C3CCOCC3)C3CC3)n2)cn1. The molecule has 0 spiro atoms. The highest BCUT2D eigenvalue weighted by atomic mass is 16.5.